The van der Waals surface area contributed by atoms with Crippen molar-refractivity contribution in [2.75, 3.05) is 0 Å². The molecule has 0 saturated heterocycles. The van der Waals surface area contributed by atoms with Crippen LogP contribution in [0.5, 0.6) is 0 Å². The third-order valence-corrected chi connectivity index (χ3v) is 5.51. The number of tetrazole rings is 1. The number of aliphatic carboxylic acids is 1. The maximum absolute atomic E-state index is 11.8. The number of H-pyrrole nitrogens is 1. The van der Waals surface area contributed by atoms with Gasteiger partial charge in [0.25, 0.3) is 0 Å². The van der Waals surface area contributed by atoms with Gasteiger partial charge >= 0.3 is 5.97 Å². The van der Waals surface area contributed by atoms with Gasteiger partial charge in [0.05, 0.1) is 17.4 Å². The molecule has 27 heavy (non-hydrogen) atoms. The SMILES string of the molecule is CCCC(C(=O)O)C(Cc1ccc(-c2cnc(CO)s2)cc1)c1nn[nH]n1. The molecular weight excluding hydrogens is 366 g/mol. The Kier molecular flexibility index (Phi) is 6.25. The van der Waals surface area contributed by atoms with Crippen molar-refractivity contribution in [2.24, 2.45) is 5.92 Å². The second-order valence-corrected chi connectivity index (χ2v) is 7.40. The van der Waals surface area contributed by atoms with Gasteiger partial charge in [-0.2, -0.15) is 5.21 Å². The van der Waals surface area contributed by atoms with E-state index in [-0.39, 0.29) is 12.5 Å². The van der Waals surface area contributed by atoms with Crippen molar-refractivity contribution in [3.8, 4) is 10.4 Å². The van der Waals surface area contributed by atoms with Crippen molar-refractivity contribution in [2.45, 2.75) is 38.7 Å². The van der Waals surface area contributed by atoms with Crippen LogP contribution in [0.25, 0.3) is 10.4 Å². The summed E-state index contributed by atoms with van der Waals surface area (Å²) >= 11 is 1.45. The van der Waals surface area contributed by atoms with Crippen molar-refractivity contribution in [1.29, 1.82) is 0 Å². The largest absolute Gasteiger partial charge is 0.481 e. The molecule has 2 atom stereocenters. The molecule has 0 radical (unpaired) electrons. The van der Waals surface area contributed by atoms with Crippen molar-refractivity contribution in [3.63, 3.8) is 0 Å². The molecule has 2 aromatic heterocycles. The Morgan fingerprint density at radius 1 is 1.30 bits per heavy atom. The van der Waals surface area contributed by atoms with Crippen LogP contribution >= 0.6 is 11.3 Å². The minimum atomic E-state index is -0.843. The first-order valence-electron chi connectivity index (χ1n) is 8.73. The first kappa shape index (κ1) is 19.1. The van der Waals surface area contributed by atoms with Crippen LogP contribution in [0.1, 0.15) is 42.1 Å². The molecule has 0 aliphatic heterocycles. The zero-order valence-electron chi connectivity index (χ0n) is 14.9. The normalized spacial score (nSPS) is 13.4. The highest BCUT2D eigenvalue weighted by Gasteiger charge is 2.31. The molecule has 1 aromatic carbocycles. The fraction of sp³-hybridized carbons (Fsp3) is 0.389. The lowest BCUT2D eigenvalue weighted by Gasteiger charge is -2.21. The number of nitrogens with zero attached hydrogens (tertiary/aromatic N) is 4. The van der Waals surface area contributed by atoms with E-state index in [1.165, 1.54) is 11.3 Å². The minimum Gasteiger partial charge on any atom is -0.481 e. The number of carboxylic acids is 1. The van der Waals surface area contributed by atoms with E-state index < -0.39 is 11.9 Å². The number of nitrogens with one attached hydrogen (secondary N) is 1. The lowest BCUT2D eigenvalue weighted by atomic mass is 9.83. The molecule has 0 bridgehead atoms. The second kappa shape index (κ2) is 8.83. The Hall–Kier alpha value is -2.65. The van der Waals surface area contributed by atoms with Crippen LogP contribution < -0.4 is 0 Å². The fourth-order valence-corrected chi connectivity index (χ4v) is 3.91. The molecule has 2 unspecified atom stereocenters. The maximum Gasteiger partial charge on any atom is 0.307 e. The van der Waals surface area contributed by atoms with Gasteiger partial charge in [-0.15, -0.1) is 21.5 Å². The predicted octanol–water partition coefficient (Wildman–Crippen LogP) is 2.64. The van der Waals surface area contributed by atoms with Crippen LogP contribution in [0.4, 0.5) is 0 Å². The number of rotatable bonds is 9. The van der Waals surface area contributed by atoms with Gasteiger partial charge < -0.3 is 10.2 Å². The predicted molar refractivity (Wildman–Crippen MR) is 100 cm³/mol. The lowest BCUT2D eigenvalue weighted by Crippen LogP contribution is -2.25. The van der Waals surface area contributed by atoms with Crippen LogP contribution in [-0.4, -0.2) is 41.8 Å². The molecule has 0 aliphatic carbocycles. The van der Waals surface area contributed by atoms with E-state index in [1.807, 2.05) is 31.2 Å². The third kappa shape index (κ3) is 4.55. The Balaban J connectivity index is 1.82. The molecular formula is C18H21N5O3S. The average molecular weight is 387 g/mol. The van der Waals surface area contributed by atoms with Crippen molar-refractivity contribution in [1.82, 2.24) is 25.6 Å². The van der Waals surface area contributed by atoms with Gasteiger partial charge in [0.1, 0.15) is 5.01 Å². The number of benzene rings is 1. The Bertz CT molecular complexity index is 864. The summed E-state index contributed by atoms with van der Waals surface area (Å²) in [5.74, 6) is -1.34. The molecule has 0 spiro atoms. The lowest BCUT2D eigenvalue weighted by molar-refractivity contribution is -0.142. The summed E-state index contributed by atoms with van der Waals surface area (Å²) in [5.41, 5.74) is 2.01. The topological polar surface area (TPSA) is 125 Å². The third-order valence-electron chi connectivity index (χ3n) is 4.48. The molecule has 0 fully saturated rings. The number of aromatic nitrogens is 5. The molecule has 0 saturated carbocycles. The summed E-state index contributed by atoms with van der Waals surface area (Å²) in [6.07, 6.45) is 3.58. The monoisotopic (exact) mass is 387 g/mol. The van der Waals surface area contributed by atoms with E-state index in [0.29, 0.717) is 23.7 Å². The summed E-state index contributed by atoms with van der Waals surface area (Å²) in [5, 5.41) is 33.6. The summed E-state index contributed by atoms with van der Waals surface area (Å²) in [7, 11) is 0. The van der Waals surface area contributed by atoms with Gasteiger partial charge in [0.2, 0.25) is 0 Å². The Morgan fingerprint density at radius 2 is 2.07 bits per heavy atom. The van der Waals surface area contributed by atoms with Gasteiger partial charge in [-0.05, 0) is 24.0 Å². The molecule has 142 valence electrons. The molecule has 9 heteroatoms. The first-order chi connectivity index (χ1) is 13.1. The van der Waals surface area contributed by atoms with E-state index in [4.69, 9.17) is 5.11 Å². The van der Waals surface area contributed by atoms with E-state index in [2.05, 4.69) is 25.6 Å². The van der Waals surface area contributed by atoms with Gasteiger partial charge in [-0.3, -0.25) is 4.79 Å². The van der Waals surface area contributed by atoms with Crippen LogP contribution in [0.15, 0.2) is 30.5 Å². The zero-order valence-corrected chi connectivity index (χ0v) is 15.7. The molecule has 3 aromatic rings. The van der Waals surface area contributed by atoms with Crippen molar-refractivity contribution >= 4 is 17.3 Å². The highest BCUT2D eigenvalue weighted by molar-refractivity contribution is 7.15. The smallest absolute Gasteiger partial charge is 0.307 e. The van der Waals surface area contributed by atoms with Crippen molar-refractivity contribution < 1.29 is 15.0 Å². The highest BCUT2D eigenvalue weighted by atomic mass is 32.1. The van der Waals surface area contributed by atoms with Crippen LogP contribution in [0.3, 0.4) is 0 Å². The maximum atomic E-state index is 11.8. The van der Waals surface area contributed by atoms with Crippen LogP contribution in [0.2, 0.25) is 0 Å². The van der Waals surface area contributed by atoms with E-state index >= 15 is 0 Å². The second-order valence-electron chi connectivity index (χ2n) is 6.29. The number of carboxylic acid groups (broad SMARTS) is 1. The highest BCUT2D eigenvalue weighted by Crippen LogP contribution is 2.31. The summed E-state index contributed by atoms with van der Waals surface area (Å²) in [6, 6.07) is 7.91. The van der Waals surface area contributed by atoms with E-state index in [0.717, 1.165) is 22.4 Å². The van der Waals surface area contributed by atoms with E-state index in [9.17, 15) is 9.90 Å². The van der Waals surface area contributed by atoms with Crippen molar-refractivity contribution in [3.05, 3.63) is 46.9 Å². The summed E-state index contributed by atoms with van der Waals surface area (Å²) < 4.78 is 0. The van der Waals surface area contributed by atoms with Gasteiger partial charge in [0.15, 0.2) is 5.82 Å². The summed E-state index contributed by atoms with van der Waals surface area (Å²) in [6.45, 7) is 1.90. The Labute approximate surface area is 160 Å². The minimum absolute atomic E-state index is 0.0663. The number of aliphatic hydroxyl groups is 1. The van der Waals surface area contributed by atoms with E-state index in [1.54, 1.807) is 6.20 Å². The van der Waals surface area contributed by atoms with Crippen LogP contribution in [0, 0.1) is 5.92 Å². The Morgan fingerprint density at radius 3 is 2.63 bits per heavy atom. The fourth-order valence-electron chi connectivity index (χ4n) is 3.12. The average Bonchev–Trinajstić information content (AvgIpc) is 3.36. The number of thiazole rings is 1. The number of carbonyl (C=O) groups is 1. The molecule has 0 amide bonds. The zero-order chi connectivity index (χ0) is 19.2. The molecule has 8 nitrogen and oxygen atoms in total. The standard InChI is InChI=1S/C18H21N5O3S/c1-2-3-13(18(25)26)14(17-20-22-23-21-17)8-11-4-6-12(7-5-11)15-9-19-16(10-24)27-15/h4-7,9,13-14,24H,2-3,8,10H2,1H3,(H,25,26)(H,20,21,22,23). The van der Waals surface area contributed by atoms with Crippen LogP contribution in [-0.2, 0) is 17.8 Å². The molecule has 2 heterocycles. The number of aromatic amines is 1. The number of hydrogen-bond acceptors (Lipinski definition) is 7. The van der Waals surface area contributed by atoms with Gasteiger partial charge in [-0.1, -0.05) is 42.8 Å². The molecule has 3 N–H and O–H groups in total. The first-order valence-corrected chi connectivity index (χ1v) is 9.55. The summed E-state index contributed by atoms with van der Waals surface area (Å²) in [4.78, 5) is 16.9. The number of aliphatic hydroxyl groups excluding tert-OH is 1. The van der Waals surface area contributed by atoms with Gasteiger partial charge in [-0.25, -0.2) is 4.98 Å². The molecule has 0 aliphatic rings. The molecule has 3 rings (SSSR count). The number of hydrogen-bond donors (Lipinski definition) is 3. The quantitative estimate of drug-likeness (QED) is 0.515. The van der Waals surface area contributed by atoms with Gasteiger partial charge in [0, 0.05) is 12.1 Å².